The first kappa shape index (κ1) is 14.5. The summed E-state index contributed by atoms with van der Waals surface area (Å²) in [6.07, 6.45) is 3.05. The second kappa shape index (κ2) is 5.25. The highest BCUT2D eigenvalue weighted by atomic mass is 32.2. The molecule has 3 N–H and O–H groups in total. The van der Waals surface area contributed by atoms with Gasteiger partial charge in [0.2, 0.25) is 0 Å². The Labute approximate surface area is 117 Å². The molecule has 0 aliphatic rings. The van der Waals surface area contributed by atoms with Gasteiger partial charge in [0.15, 0.2) is 5.03 Å². The van der Waals surface area contributed by atoms with E-state index in [4.69, 9.17) is 5.73 Å². The van der Waals surface area contributed by atoms with Gasteiger partial charge in [-0.1, -0.05) is 0 Å². The van der Waals surface area contributed by atoms with E-state index in [-0.39, 0.29) is 11.6 Å². The van der Waals surface area contributed by atoms with Gasteiger partial charge >= 0.3 is 0 Å². The molecule has 0 atom stereocenters. The van der Waals surface area contributed by atoms with Crippen molar-refractivity contribution < 1.29 is 8.42 Å². The van der Waals surface area contributed by atoms with E-state index >= 15 is 0 Å². The number of anilines is 1. The molecular weight excluding hydrogens is 280 g/mol. The average molecular weight is 298 g/mol. The molecule has 0 spiro atoms. The lowest BCUT2D eigenvalue weighted by molar-refractivity contribution is 0.597. The highest BCUT2D eigenvalue weighted by Crippen LogP contribution is 2.18. The molecule has 110 valence electrons. The van der Waals surface area contributed by atoms with Gasteiger partial charge in [-0.3, -0.25) is 9.40 Å². The number of rotatable bonds is 5. The third-order valence-electron chi connectivity index (χ3n) is 3.04. The van der Waals surface area contributed by atoms with Gasteiger partial charge in [0.1, 0.15) is 11.6 Å². The van der Waals surface area contributed by atoms with Crippen molar-refractivity contribution in [2.24, 2.45) is 12.8 Å². The maximum atomic E-state index is 12.3. The van der Waals surface area contributed by atoms with Gasteiger partial charge < -0.3 is 10.3 Å². The lowest BCUT2D eigenvalue weighted by Crippen LogP contribution is -2.17. The highest BCUT2D eigenvalue weighted by Gasteiger charge is 2.22. The molecule has 0 aromatic carbocycles. The molecule has 0 bridgehead atoms. The number of nitrogens with zero attached hydrogens (tertiary/aromatic N) is 4. The molecule has 2 heterocycles. The molecule has 0 saturated carbocycles. The van der Waals surface area contributed by atoms with Gasteiger partial charge in [-0.25, -0.2) is 4.98 Å². The number of nitrogens with two attached hydrogens (primary N) is 1. The van der Waals surface area contributed by atoms with Crippen LogP contribution in [0.4, 0.5) is 5.82 Å². The van der Waals surface area contributed by atoms with Crippen LogP contribution >= 0.6 is 0 Å². The summed E-state index contributed by atoms with van der Waals surface area (Å²) in [7, 11) is -2.10. The van der Waals surface area contributed by atoms with Gasteiger partial charge in [-0.2, -0.15) is 13.5 Å². The highest BCUT2D eigenvalue weighted by molar-refractivity contribution is 7.92. The lowest BCUT2D eigenvalue weighted by atomic mass is 10.3. The standard InChI is InChI=1S/C11H18N6O2S/c1-4-17-7-10(14-8(17)2)20(18,19)15-11-9(5-12)6-13-16(11)3/h6-7,15H,4-5,12H2,1-3H3. The first-order valence-electron chi connectivity index (χ1n) is 6.16. The minimum absolute atomic E-state index is 0.0129. The predicted octanol–water partition coefficient (Wildman–Crippen LogP) is 0.204. The molecule has 0 aliphatic carbocycles. The van der Waals surface area contributed by atoms with Gasteiger partial charge in [0.25, 0.3) is 10.0 Å². The Morgan fingerprint density at radius 2 is 2.15 bits per heavy atom. The van der Waals surface area contributed by atoms with E-state index in [9.17, 15) is 8.42 Å². The second-order valence-corrected chi connectivity index (χ2v) is 5.99. The van der Waals surface area contributed by atoms with E-state index in [1.807, 2.05) is 6.92 Å². The molecule has 0 saturated heterocycles. The van der Waals surface area contributed by atoms with Gasteiger partial charge in [-0.15, -0.1) is 0 Å². The number of nitrogens with one attached hydrogen (secondary N) is 1. The van der Waals surface area contributed by atoms with Crippen molar-refractivity contribution in [3.05, 3.63) is 23.8 Å². The quantitative estimate of drug-likeness (QED) is 0.820. The zero-order valence-corrected chi connectivity index (χ0v) is 12.5. The third kappa shape index (κ3) is 2.54. The molecular formula is C11H18N6O2S. The van der Waals surface area contributed by atoms with Crippen LogP contribution < -0.4 is 10.5 Å². The number of hydrogen-bond donors (Lipinski definition) is 2. The van der Waals surface area contributed by atoms with E-state index in [2.05, 4.69) is 14.8 Å². The molecule has 8 nitrogen and oxygen atoms in total. The Morgan fingerprint density at radius 1 is 1.45 bits per heavy atom. The van der Waals surface area contributed by atoms with Crippen LogP contribution in [0.15, 0.2) is 17.4 Å². The summed E-state index contributed by atoms with van der Waals surface area (Å²) in [6, 6.07) is 0. The van der Waals surface area contributed by atoms with E-state index in [1.165, 1.54) is 17.1 Å². The molecule has 20 heavy (non-hydrogen) atoms. The Kier molecular flexibility index (Phi) is 3.82. The van der Waals surface area contributed by atoms with Gasteiger partial charge in [-0.05, 0) is 13.8 Å². The molecule has 0 radical (unpaired) electrons. The fraction of sp³-hybridized carbons (Fsp3) is 0.455. The van der Waals surface area contributed by atoms with Crippen molar-refractivity contribution in [3.8, 4) is 0 Å². The molecule has 0 aliphatic heterocycles. The average Bonchev–Trinajstić information content (AvgIpc) is 2.94. The lowest BCUT2D eigenvalue weighted by Gasteiger charge is -2.07. The monoisotopic (exact) mass is 298 g/mol. The first-order chi connectivity index (χ1) is 9.39. The number of hydrogen-bond acceptors (Lipinski definition) is 5. The van der Waals surface area contributed by atoms with Crippen molar-refractivity contribution in [1.29, 1.82) is 0 Å². The Morgan fingerprint density at radius 3 is 2.70 bits per heavy atom. The molecule has 2 aromatic heterocycles. The van der Waals surface area contributed by atoms with Crippen LogP contribution in [0.25, 0.3) is 0 Å². The van der Waals surface area contributed by atoms with Crippen LogP contribution in [0.3, 0.4) is 0 Å². The fourth-order valence-corrected chi connectivity index (χ4v) is 3.01. The van der Waals surface area contributed by atoms with Gasteiger partial charge in [0, 0.05) is 31.9 Å². The smallest absolute Gasteiger partial charge is 0.282 e. The summed E-state index contributed by atoms with van der Waals surface area (Å²) in [5, 5.41) is 3.98. The van der Waals surface area contributed by atoms with Crippen molar-refractivity contribution in [3.63, 3.8) is 0 Å². The van der Waals surface area contributed by atoms with E-state index in [0.29, 0.717) is 23.8 Å². The number of aromatic nitrogens is 4. The molecule has 9 heteroatoms. The molecule has 2 aromatic rings. The largest absolute Gasteiger partial charge is 0.334 e. The zero-order chi connectivity index (χ0) is 14.9. The van der Waals surface area contributed by atoms with Crippen LogP contribution in [0.2, 0.25) is 0 Å². The maximum Gasteiger partial charge on any atom is 0.282 e. The van der Waals surface area contributed by atoms with E-state index < -0.39 is 10.0 Å². The minimum Gasteiger partial charge on any atom is -0.334 e. The summed E-state index contributed by atoms with van der Waals surface area (Å²) in [6.45, 7) is 4.55. The van der Waals surface area contributed by atoms with Crippen molar-refractivity contribution >= 4 is 15.8 Å². The molecule has 0 unspecified atom stereocenters. The summed E-state index contributed by atoms with van der Waals surface area (Å²) in [4.78, 5) is 4.07. The summed E-state index contributed by atoms with van der Waals surface area (Å²) in [5.41, 5.74) is 6.19. The van der Waals surface area contributed by atoms with Crippen LogP contribution in [-0.4, -0.2) is 27.7 Å². The SMILES string of the molecule is CCn1cc(S(=O)(=O)Nc2c(CN)cnn2C)nc1C. The summed E-state index contributed by atoms with van der Waals surface area (Å²) < 4.78 is 30.3. The van der Waals surface area contributed by atoms with Crippen molar-refractivity contribution in [1.82, 2.24) is 19.3 Å². The van der Waals surface area contributed by atoms with Crippen molar-refractivity contribution in [2.75, 3.05) is 4.72 Å². The second-order valence-electron chi connectivity index (χ2n) is 4.36. The maximum absolute atomic E-state index is 12.3. The third-order valence-corrected chi connectivity index (χ3v) is 4.24. The topological polar surface area (TPSA) is 108 Å². The van der Waals surface area contributed by atoms with Gasteiger partial charge in [0.05, 0.1) is 6.20 Å². The normalized spacial score (nSPS) is 11.8. The first-order valence-corrected chi connectivity index (χ1v) is 7.65. The fourth-order valence-electron chi connectivity index (χ4n) is 1.87. The molecule has 2 rings (SSSR count). The number of aryl methyl sites for hydroxylation is 3. The number of imidazole rings is 1. The van der Waals surface area contributed by atoms with Crippen molar-refractivity contribution in [2.45, 2.75) is 32.0 Å². The van der Waals surface area contributed by atoms with Crippen LogP contribution in [0.5, 0.6) is 0 Å². The summed E-state index contributed by atoms with van der Waals surface area (Å²) >= 11 is 0. The van der Waals surface area contributed by atoms with Crippen LogP contribution in [0, 0.1) is 6.92 Å². The Balaban J connectivity index is 2.38. The number of sulfonamides is 1. The van der Waals surface area contributed by atoms with E-state index in [0.717, 1.165) is 0 Å². The minimum atomic E-state index is -3.75. The Bertz CT molecular complexity index is 715. The zero-order valence-electron chi connectivity index (χ0n) is 11.7. The summed E-state index contributed by atoms with van der Waals surface area (Å²) in [5.74, 6) is 1.01. The predicted molar refractivity (Wildman–Crippen MR) is 74.5 cm³/mol. The van der Waals surface area contributed by atoms with E-state index in [1.54, 1.807) is 18.5 Å². The Hall–Kier alpha value is -1.87. The van der Waals surface area contributed by atoms with Crippen LogP contribution in [0.1, 0.15) is 18.3 Å². The molecule has 0 fully saturated rings. The van der Waals surface area contributed by atoms with Crippen LogP contribution in [-0.2, 0) is 30.2 Å². The molecule has 0 amide bonds.